The van der Waals surface area contributed by atoms with E-state index in [4.69, 9.17) is 0 Å². The topological polar surface area (TPSA) is 43.6 Å². The minimum absolute atomic E-state index is 0.879. The van der Waals surface area contributed by atoms with Crippen molar-refractivity contribution < 1.29 is 0 Å². The molecule has 0 bridgehead atoms. The molecule has 12 heavy (non-hydrogen) atoms. The Kier molecular flexibility index (Phi) is 1.87. The lowest BCUT2D eigenvalue weighted by Crippen LogP contribution is -1.93. The lowest BCUT2D eigenvalue weighted by Gasteiger charge is -1.89. The predicted octanol–water partition coefficient (Wildman–Crippen LogP) is 1.29. The van der Waals surface area contributed by atoms with E-state index in [0.717, 1.165) is 17.2 Å². The molecule has 0 aliphatic heterocycles. The second-order valence-electron chi connectivity index (χ2n) is 2.32. The lowest BCUT2D eigenvalue weighted by molar-refractivity contribution is 0.857. The van der Waals surface area contributed by atoms with Gasteiger partial charge in [-0.15, -0.1) is 11.3 Å². The van der Waals surface area contributed by atoms with Gasteiger partial charge in [0.05, 0.1) is 5.69 Å². The summed E-state index contributed by atoms with van der Waals surface area (Å²) in [6.45, 7) is 2.08. The third kappa shape index (κ3) is 1.23. The summed E-state index contributed by atoms with van der Waals surface area (Å²) in [5.41, 5.74) is 1.10. The highest BCUT2D eigenvalue weighted by molar-refractivity contribution is 7.12. The molecule has 2 rings (SSSR count). The Hall–Kier alpha value is -1.23. The minimum Gasteiger partial charge on any atom is -0.223 e. The van der Waals surface area contributed by atoms with E-state index < -0.39 is 0 Å². The van der Waals surface area contributed by atoms with Crippen LogP contribution in [0.1, 0.15) is 12.6 Å². The van der Waals surface area contributed by atoms with Gasteiger partial charge in [0.15, 0.2) is 0 Å². The molecule has 0 aliphatic rings. The van der Waals surface area contributed by atoms with E-state index in [1.807, 2.05) is 5.38 Å². The van der Waals surface area contributed by atoms with Gasteiger partial charge in [0.2, 0.25) is 5.13 Å². The molecule has 0 aromatic carbocycles. The maximum atomic E-state index is 4.35. The maximum absolute atomic E-state index is 4.35. The highest BCUT2D eigenvalue weighted by Crippen LogP contribution is 2.13. The van der Waals surface area contributed by atoms with E-state index >= 15 is 0 Å². The smallest absolute Gasteiger partial charge is 0.212 e. The van der Waals surface area contributed by atoms with Gasteiger partial charge in [-0.3, -0.25) is 0 Å². The van der Waals surface area contributed by atoms with Crippen LogP contribution >= 0.6 is 11.3 Å². The maximum Gasteiger partial charge on any atom is 0.212 e. The average Bonchev–Trinajstić information content (AvgIpc) is 2.75. The van der Waals surface area contributed by atoms with E-state index in [2.05, 4.69) is 22.0 Å². The molecule has 62 valence electrons. The highest BCUT2D eigenvalue weighted by Gasteiger charge is 2.01. The van der Waals surface area contributed by atoms with Crippen molar-refractivity contribution in [1.82, 2.24) is 19.7 Å². The van der Waals surface area contributed by atoms with Gasteiger partial charge in [-0.1, -0.05) is 6.92 Å². The van der Waals surface area contributed by atoms with E-state index in [1.54, 1.807) is 22.3 Å². The molecule has 2 aromatic heterocycles. The van der Waals surface area contributed by atoms with Crippen LogP contribution in [0.15, 0.2) is 18.0 Å². The summed E-state index contributed by atoms with van der Waals surface area (Å²) in [6.07, 6.45) is 4.12. The zero-order valence-electron chi connectivity index (χ0n) is 6.64. The third-order valence-corrected chi connectivity index (χ3v) is 2.40. The largest absolute Gasteiger partial charge is 0.223 e. The van der Waals surface area contributed by atoms with Crippen molar-refractivity contribution in [3.63, 3.8) is 0 Å². The van der Waals surface area contributed by atoms with Gasteiger partial charge in [-0.25, -0.2) is 9.97 Å². The molecular weight excluding hydrogens is 172 g/mol. The SMILES string of the molecule is CCc1csc(-n2cncn2)n1. The van der Waals surface area contributed by atoms with Crippen molar-refractivity contribution in [2.75, 3.05) is 0 Å². The zero-order chi connectivity index (χ0) is 8.39. The van der Waals surface area contributed by atoms with Crippen LogP contribution in [0.5, 0.6) is 0 Å². The number of rotatable bonds is 2. The molecule has 0 atom stereocenters. The Morgan fingerprint density at radius 3 is 3.08 bits per heavy atom. The van der Waals surface area contributed by atoms with Crippen LogP contribution < -0.4 is 0 Å². The van der Waals surface area contributed by atoms with Crippen LogP contribution in [0.4, 0.5) is 0 Å². The monoisotopic (exact) mass is 180 g/mol. The number of aryl methyl sites for hydroxylation is 1. The van der Waals surface area contributed by atoms with Crippen LogP contribution in [0.3, 0.4) is 0 Å². The molecule has 2 heterocycles. The fourth-order valence-corrected chi connectivity index (χ4v) is 1.70. The Morgan fingerprint density at radius 2 is 2.50 bits per heavy atom. The summed E-state index contributed by atoms with van der Waals surface area (Å²) in [5, 5.41) is 6.91. The van der Waals surface area contributed by atoms with E-state index in [-0.39, 0.29) is 0 Å². The van der Waals surface area contributed by atoms with E-state index in [9.17, 15) is 0 Å². The zero-order valence-corrected chi connectivity index (χ0v) is 7.45. The van der Waals surface area contributed by atoms with Crippen molar-refractivity contribution >= 4 is 11.3 Å². The summed E-state index contributed by atoms with van der Waals surface area (Å²) in [6, 6.07) is 0. The molecule has 5 heteroatoms. The second kappa shape index (κ2) is 3.02. The van der Waals surface area contributed by atoms with Crippen molar-refractivity contribution in [1.29, 1.82) is 0 Å². The van der Waals surface area contributed by atoms with Gasteiger partial charge < -0.3 is 0 Å². The molecule has 0 aliphatic carbocycles. The Labute approximate surface area is 73.9 Å². The first-order valence-electron chi connectivity index (χ1n) is 3.69. The predicted molar refractivity (Wildman–Crippen MR) is 46.4 cm³/mol. The summed E-state index contributed by atoms with van der Waals surface area (Å²) in [7, 11) is 0. The molecule has 2 aromatic rings. The molecule has 0 fully saturated rings. The van der Waals surface area contributed by atoms with E-state index in [1.165, 1.54) is 6.33 Å². The minimum atomic E-state index is 0.879. The number of aromatic nitrogens is 4. The van der Waals surface area contributed by atoms with Crippen LogP contribution in [-0.2, 0) is 6.42 Å². The molecule has 0 saturated carbocycles. The number of nitrogens with zero attached hydrogens (tertiary/aromatic N) is 4. The van der Waals surface area contributed by atoms with Crippen molar-refractivity contribution in [2.24, 2.45) is 0 Å². The lowest BCUT2D eigenvalue weighted by atomic mass is 10.4. The van der Waals surface area contributed by atoms with E-state index in [0.29, 0.717) is 0 Å². The molecule has 4 nitrogen and oxygen atoms in total. The molecule has 0 amide bonds. The first-order chi connectivity index (χ1) is 5.90. The van der Waals surface area contributed by atoms with Gasteiger partial charge in [0.1, 0.15) is 12.7 Å². The van der Waals surface area contributed by atoms with Gasteiger partial charge in [-0.2, -0.15) is 9.78 Å². The summed E-state index contributed by atoms with van der Waals surface area (Å²) >= 11 is 1.58. The van der Waals surface area contributed by atoms with Crippen LogP contribution in [0, 0.1) is 0 Å². The normalized spacial score (nSPS) is 10.4. The van der Waals surface area contributed by atoms with Gasteiger partial charge in [-0.05, 0) is 6.42 Å². The molecule has 0 radical (unpaired) electrons. The molecule has 0 unspecified atom stereocenters. The van der Waals surface area contributed by atoms with Gasteiger partial charge >= 0.3 is 0 Å². The van der Waals surface area contributed by atoms with Crippen molar-refractivity contribution in [3.8, 4) is 5.13 Å². The van der Waals surface area contributed by atoms with Crippen molar-refractivity contribution in [2.45, 2.75) is 13.3 Å². The first kappa shape index (κ1) is 7.42. The standard InChI is InChI=1S/C7H8N4S/c1-2-6-3-12-7(10-6)11-5-8-4-9-11/h3-5H,2H2,1H3. The number of hydrogen-bond donors (Lipinski definition) is 0. The molecule has 0 N–H and O–H groups in total. The van der Waals surface area contributed by atoms with Crippen LogP contribution in [0.25, 0.3) is 5.13 Å². The Bertz CT molecular complexity index is 351. The third-order valence-electron chi connectivity index (χ3n) is 1.52. The quantitative estimate of drug-likeness (QED) is 0.699. The first-order valence-corrected chi connectivity index (χ1v) is 4.57. The number of thiazole rings is 1. The second-order valence-corrected chi connectivity index (χ2v) is 3.15. The van der Waals surface area contributed by atoms with Crippen molar-refractivity contribution in [3.05, 3.63) is 23.7 Å². The average molecular weight is 180 g/mol. The highest BCUT2D eigenvalue weighted by atomic mass is 32.1. The Balaban J connectivity index is 2.35. The molecular formula is C7H8N4S. The summed E-state index contributed by atoms with van der Waals surface area (Å²) < 4.78 is 1.67. The summed E-state index contributed by atoms with van der Waals surface area (Å²) in [4.78, 5) is 8.20. The van der Waals surface area contributed by atoms with Crippen LogP contribution in [0.2, 0.25) is 0 Å². The molecule has 0 spiro atoms. The number of hydrogen-bond acceptors (Lipinski definition) is 4. The molecule has 0 saturated heterocycles. The van der Waals surface area contributed by atoms with Gasteiger partial charge in [0, 0.05) is 5.38 Å². The fourth-order valence-electron chi connectivity index (χ4n) is 0.871. The Morgan fingerprint density at radius 1 is 1.58 bits per heavy atom. The van der Waals surface area contributed by atoms with Gasteiger partial charge in [0.25, 0.3) is 0 Å². The van der Waals surface area contributed by atoms with Crippen LogP contribution in [-0.4, -0.2) is 19.7 Å². The summed E-state index contributed by atoms with van der Waals surface area (Å²) in [5.74, 6) is 0. The fraction of sp³-hybridized carbons (Fsp3) is 0.286.